The molecule has 1 aromatic heterocycles. The van der Waals surface area contributed by atoms with Gasteiger partial charge in [0.25, 0.3) is 0 Å². The van der Waals surface area contributed by atoms with Gasteiger partial charge in [-0.25, -0.2) is 0 Å². The molecule has 0 fully saturated rings. The average molecular weight is 198 g/mol. The van der Waals surface area contributed by atoms with Crippen LogP contribution in [0.4, 0.5) is 0 Å². The zero-order valence-corrected chi connectivity index (χ0v) is 7.92. The maximum Gasteiger partial charge on any atom is 0.305 e. The summed E-state index contributed by atoms with van der Waals surface area (Å²) in [5.74, 6) is -1.01. The van der Waals surface area contributed by atoms with Crippen molar-refractivity contribution in [2.75, 3.05) is 0 Å². The van der Waals surface area contributed by atoms with Crippen molar-refractivity contribution in [3.63, 3.8) is 0 Å². The number of aliphatic hydroxyl groups is 1. The summed E-state index contributed by atoms with van der Waals surface area (Å²) in [7, 11) is 1.82. The van der Waals surface area contributed by atoms with E-state index in [1.165, 1.54) is 0 Å². The first-order chi connectivity index (χ1) is 6.50. The van der Waals surface area contributed by atoms with Crippen molar-refractivity contribution >= 4 is 5.97 Å². The highest BCUT2D eigenvalue weighted by molar-refractivity contribution is 5.67. The molecule has 5 heteroatoms. The maximum atomic E-state index is 10.4. The molecule has 78 valence electrons. The van der Waals surface area contributed by atoms with Crippen LogP contribution in [0, 0.1) is 0 Å². The summed E-state index contributed by atoms with van der Waals surface area (Å²) in [5.41, 5.74) is 6.16. The number of hydrogen-bond acceptors (Lipinski definition) is 3. The Kier molecular flexibility index (Phi) is 3.27. The minimum absolute atomic E-state index is 0.240. The van der Waals surface area contributed by atoms with Crippen LogP contribution in [-0.2, 0) is 11.8 Å². The van der Waals surface area contributed by atoms with Crippen molar-refractivity contribution in [1.82, 2.24) is 4.57 Å². The van der Waals surface area contributed by atoms with E-state index in [2.05, 4.69) is 0 Å². The molecule has 2 atom stereocenters. The lowest BCUT2D eigenvalue weighted by molar-refractivity contribution is -0.138. The molecule has 0 saturated heterocycles. The fourth-order valence-corrected chi connectivity index (χ4v) is 1.26. The van der Waals surface area contributed by atoms with E-state index in [0.717, 1.165) is 0 Å². The molecular weight excluding hydrogens is 184 g/mol. The SMILES string of the molecule is Cn1ccc(C(O)C(N)CC(=O)O)c1. The fraction of sp³-hybridized carbons (Fsp3) is 0.444. The van der Waals surface area contributed by atoms with Gasteiger partial charge in [-0.3, -0.25) is 4.79 Å². The van der Waals surface area contributed by atoms with Crippen molar-refractivity contribution in [1.29, 1.82) is 0 Å². The normalized spacial score (nSPS) is 15.1. The quantitative estimate of drug-likeness (QED) is 0.628. The van der Waals surface area contributed by atoms with Crippen LogP contribution in [-0.4, -0.2) is 26.8 Å². The van der Waals surface area contributed by atoms with E-state index < -0.39 is 18.1 Å². The van der Waals surface area contributed by atoms with Gasteiger partial charge in [0.15, 0.2) is 0 Å². The van der Waals surface area contributed by atoms with Crippen LogP contribution in [0.5, 0.6) is 0 Å². The first-order valence-corrected chi connectivity index (χ1v) is 4.28. The number of nitrogens with zero attached hydrogens (tertiary/aromatic N) is 1. The lowest BCUT2D eigenvalue weighted by Gasteiger charge is -2.15. The second-order valence-corrected chi connectivity index (χ2v) is 3.32. The number of aliphatic hydroxyl groups excluding tert-OH is 1. The van der Waals surface area contributed by atoms with Gasteiger partial charge in [-0.05, 0) is 11.6 Å². The summed E-state index contributed by atoms with van der Waals surface area (Å²) in [6.45, 7) is 0. The topological polar surface area (TPSA) is 88.5 Å². The Morgan fingerprint density at radius 2 is 2.36 bits per heavy atom. The third-order valence-electron chi connectivity index (χ3n) is 2.01. The Morgan fingerprint density at radius 1 is 1.71 bits per heavy atom. The van der Waals surface area contributed by atoms with E-state index in [9.17, 15) is 9.90 Å². The predicted octanol–water partition coefficient (Wildman–Crippen LogP) is -0.140. The maximum absolute atomic E-state index is 10.4. The number of aliphatic carboxylic acids is 1. The van der Waals surface area contributed by atoms with Gasteiger partial charge in [0.2, 0.25) is 0 Å². The molecule has 0 saturated carbocycles. The van der Waals surface area contributed by atoms with Crippen LogP contribution in [0.3, 0.4) is 0 Å². The van der Waals surface area contributed by atoms with Crippen molar-refractivity contribution in [2.24, 2.45) is 12.8 Å². The van der Waals surface area contributed by atoms with E-state index in [1.807, 2.05) is 7.05 Å². The van der Waals surface area contributed by atoms with Crippen LogP contribution < -0.4 is 5.73 Å². The van der Waals surface area contributed by atoms with E-state index in [4.69, 9.17) is 10.8 Å². The van der Waals surface area contributed by atoms with Gasteiger partial charge in [0.1, 0.15) is 0 Å². The number of carboxylic acids is 1. The Hall–Kier alpha value is -1.33. The summed E-state index contributed by atoms with van der Waals surface area (Å²) in [4.78, 5) is 10.4. The Bertz CT molecular complexity index is 322. The molecule has 0 aliphatic carbocycles. The molecule has 2 unspecified atom stereocenters. The molecule has 0 spiro atoms. The minimum Gasteiger partial charge on any atom is -0.481 e. The summed E-state index contributed by atoms with van der Waals surface area (Å²) in [6, 6.07) is 0.946. The second kappa shape index (κ2) is 4.26. The summed E-state index contributed by atoms with van der Waals surface area (Å²) in [6.07, 6.45) is 2.32. The molecule has 0 aliphatic rings. The summed E-state index contributed by atoms with van der Waals surface area (Å²) >= 11 is 0. The van der Waals surface area contributed by atoms with Crippen LogP contribution in [0.15, 0.2) is 18.5 Å². The fourth-order valence-electron chi connectivity index (χ4n) is 1.26. The number of nitrogens with two attached hydrogens (primary N) is 1. The number of carboxylic acid groups (broad SMARTS) is 1. The highest BCUT2D eigenvalue weighted by atomic mass is 16.4. The third-order valence-corrected chi connectivity index (χ3v) is 2.01. The van der Waals surface area contributed by atoms with E-state index >= 15 is 0 Å². The molecule has 0 aliphatic heterocycles. The second-order valence-electron chi connectivity index (χ2n) is 3.32. The molecule has 1 heterocycles. The lowest BCUT2D eigenvalue weighted by atomic mass is 10.0. The van der Waals surface area contributed by atoms with Crippen LogP contribution >= 0.6 is 0 Å². The van der Waals surface area contributed by atoms with Crippen molar-refractivity contribution in [3.05, 3.63) is 24.0 Å². The Labute approximate surface area is 81.8 Å². The van der Waals surface area contributed by atoms with Gasteiger partial charge < -0.3 is 20.5 Å². The molecule has 1 aromatic rings. The molecule has 1 rings (SSSR count). The van der Waals surface area contributed by atoms with E-state index in [0.29, 0.717) is 5.56 Å². The zero-order valence-electron chi connectivity index (χ0n) is 7.92. The Morgan fingerprint density at radius 3 is 2.79 bits per heavy atom. The van der Waals surface area contributed by atoms with E-state index in [1.54, 1.807) is 23.0 Å². The number of rotatable bonds is 4. The van der Waals surface area contributed by atoms with Gasteiger partial charge in [-0.1, -0.05) is 0 Å². The minimum atomic E-state index is -1.01. The molecule has 0 radical (unpaired) electrons. The zero-order chi connectivity index (χ0) is 10.7. The molecule has 5 nitrogen and oxygen atoms in total. The third kappa shape index (κ3) is 2.58. The molecule has 0 amide bonds. The standard InChI is InChI=1S/C9H14N2O3/c1-11-3-2-6(5-11)9(14)7(10)4-8(12)13/h2-3,5,7,9,14H,4,10H2,1H3,(H,12,13). The number of carbonyl (C=O) groups is 1. The monoisotopic (exact) mass is 198 g/mol. The van der Waals surface area contributed by atoms with Crippen molar-refractivity contribution in [3.8, 4) is 0 Å². The van der Waals surface area contributed by atoms with Crippen molar-refractivity contribution in [2.45, 2.75) is 18.6 Å². The van der Waals surface area contributed by atoms with Crippen LogP contribution in [0.1, 0.15) is 18.1 Å². The van der Waals surface area contributed by atoms with Crippen molar-refractivity contribution < 1.29 is 15.0 Å². The van der Waals surface area contributed by atoms with Gasteiger partial charge in [-0.15, -0.1) is 0 Å². The molecule has 4 N–H and O–H groups in total. The summed E-state index contributed by atoms with van der Waals surface area (Å²) < 4.78 is 1.77. The molecule has 14 heavy (non-hydrogen) atoms. The highest BCUT2D eigenvalue weighted by Crippen LogP contribution is 2.17. The molecule has 0 bridgehead atoms. The van der Waals surface area contributed by atoms with Crippen LogP contribution in [0.25, 0.3) is 0 Å². The average Bonchev–Trinajstić information content (AvgIpc) is 2.49. The molecular formula is C9H14N2O3. The van der Waals surface area contributed by atoms with E-state index in [-0.39, 0.29) is 6.42 Å². The first kappa shape index (κ1) is 10.7. The lowest BCUT2D eigenvalue weighted by Crippen LogP contribution is -2.30. The number of aromatic nitrogens is 1. The molecule has 0 aromatic carbocycles. The summed E-state index contributed by atoms with van der Waals surface area (Å²) in [5, 5.41) is 18.1. The largest absolute Gasteiger partial charge is 0.481 e. The van der Waals surface area contributed by atoms with Gasteiger partial charge >= 0.3 is 5.97 Å². The first-order valence-electron chi connectivity index (χ1n) is 4.28. The van der Waals surface area contributed by atoms with Gasteiger partial charge in [0.05, 0.1) is 12.5 Å². The number of aryl methyl sites for hydroxylation is 1. The number of hydrogen-bond donors (Lipinski definition) is 3. The van der Waals surface area contributed by atoms with Gasteiger partial charge in [-0.2, -0.15) is 0 Å². The predicted molar refractivity (Wildman–Crippen MR) is 50.6 cm³/mol. The Balaban J connectivity index is 2.65. The van der Waals surface area contributed by atoms with Gasteiger partial charge in [0, 0.05) is 25.5 Å². The van der Waals surface area contributed by atoms with Crippen LogP contribution in [0.2, 0.25) is 0 Å². The smallest absolute Gasteiger partial charge is 0.305 e. The highest BCUT2D eigenvalue weighted by Gasteiger charge is 2.20.